The standard InChI is InChI=1S/C26H27NO4/c1-3-15-29-23-14-13-18(17-24(23)30-16-4-2)27-26(28)25-19-9-5-7-11-21(19)31-22-12-8-6-10-20(22)25/h5-14,17,25H,3-4,15-16H2,1-2H3,(H,27,28). The van der Waals surface area contributed by atoms with Gasteiger partial charge in [0.15, 0.2) is 11.5 Å². The van der Waals surface area contributed by atoms with Crippen molar-refractivity contribution in [2.24, 2.45) is 0 Å². The zero-order valence-electron chi connectivity index (χ0n) is 17.9. The van der Waals surface area contributed by atoms with Crippen LogP contribution in [0, 0.1) is 0 Å². The number of hydrogen-bond donors (Lipinski definition) is 1. The zero-order valence-corrected chi connectivity index (χ0v) is 17.9. The third-order valence-electron chi connectivity index (χ3n) is 5.08. The molecule has 5 nitrogen and oxygen atoms in total. The number of ether oxygens (including phenoxy) is 3. The number of anilines is 1. The number of para-hydroxylation sites is 2. The van der Waals surface area contributed by atoms with E-state index in [9.17, 15) is 4.79 Å². The van der Waals surface area contributed by atoms with Crippen LogP contribution in [0.1, 0.15) is 43.7 Å². The van der Waals surface area contributed by atoms with E-state index >= 15 is 0 Å². The van der Waals surface area contributed by atoms with Gasteiger partial charge in [-0.05, 0) is 37.1 Å². The van der Waals surface area contributed by atoms with Gasteiger partial charge in [-0.1, -0.05) is 50.2 Å². The fraction of sp³-hybridized carbons (Fsp3) is 0.269. The third kappa shape index (κ3) is 4.50. The topological polar surface area (TPSA) is 56.8 Å². The van der Waals surface area contributed by atoms with Crippen molar-refractivity contribution in [2.75, 3.05) is 18.5 Å². The summed E-state index contributed by atoms with van der Waals surface area (Å²) in [6.45, 7) is 5.31. The molecule has 0 aromatic heterocycles. The third-order valence-corrected chi connectivity index (χ3v) is 5.08. The SMILES string of the molecule is CCCOc1ccc(NC(=O)C2c3ccccc3Oc3ccccc32)cc1OCCC. The van der Waals surface area contributed by atoms with Crippen molar-refractivity contribution >= 4 is 11.6 Å². The quantitative estimate of drug-likeness (QED) is 0.478. The fourth-order valence-electron chi connectivity index (χ4n) is 3.65. The molecule has 5 heteroatoms. The molecule has 3 aromatic rings. The molecule has 0 aliphatic carbocycles. The Kier molecular flexibility index (Phi) is 6.41. The minimum atomic E-state index is -0.461. The molecule has 0 spiro atoms. The van der Waals surface area contributed by atoms with Crippen molar-refractivity contribution in [3.05, 3.63) is 77.9 Å². The van der Waals surface area contributed by atoms with E-state index < -0.39 is 5.92 Å². The van der Waals surface area contributed by atoms with Gasteiger partial charge in [-0.2, -0.15) is 0 Å². The summed E-state index contributed by atoms with van der Waals surface area (Å²) in [4.78, 5) is 13.4. The van der Waals surface area contributed by atoms with Crippen LogP contribution in [0.25, 0.3) is 0 Å². The number of fused-ring (bicyclic) bond motifs is 2. The monoisotopic (exact) mass is 417 g/mol. The van der Waals surface area contributed by atoms with Gasteiger partial charge in [0.25, 0.3) is 0 Å². The average Bonchev–Trinajstić information content (AvgIpc) is 2.80. The molecule has 1 amide bonds. The van der Waals surface area contributed by atoms with E-state index in [1.165, 1.54) is 0 Å². The second-order valence-electron chi connectivity index (χ2n) is 7.46. The van der Waals surface area contributed by atoms with Crippen molar-refractivity contribution < 1.29 is 19.0 Å². The van der Waals surface area contributed by atoms with Gasteiger partial charge in [0, 0.05) is 22.9 Å². The molecule has 0 radical (unpaired) electrons. The van der Waals surface area contributed by atoms with Crippen LogP contribution < -0.4 is 19.5 Å². The number of hydrogen-bond acceptors (Lipinski definition) is 4. The fourth-order valence-corrected chi connectivity index (χ4v) is 3.65. The first kappa shape index (κ1) is 20.8. The van der Waals surface area contributed by atoms with E-state index in [0.717, 1.165) is 24.0 Å². The molecule has 1 aliphatic rings. The van der Waals surface area contributed by atoms with E-state index in [2.05, 4.69) is 19.2 Å². The normalized spacial score (nSPS) is 12.3. The molecule has 0 saturated heterocycles. The number of nitrogens with one attached hydrogen (secondary N) is 1. The molecule has 1 N–H and O–H groups in total. The molecule has 0 bridgehead atoms. The summed E-state index contributed by atoms with van der Waals surface area (Å²) in [5, 5.41) is 3.06. The maximum absolute atomic E-state index is 13.4. The molecule has 0 fully saturated rings. The predicted molar refractivity (Wildman–Crippen MR) is 121 cm³/mol. The Bertz CT molecular complexity index is 1020. The molecule has 0 atom stereocenters. The van der Waals surface area contributed by atoms with Crippen molar-refractivity contribution in [3.8, 4) is 23.0 Å². The number of carbonyl (C=O) groups is 1. The Labute approximate surface area is 183 Å². The molecule has 0 saturated carbocycles. The number of benzene rings is 3. The first-order chi connectivity index (χ1) is 15.2. The molecular formula is C26H27NO4. The molecule has 0 unspecified atom stereocenters. The largest absolute Gasteiger partial charge is 0.490 e. The maximum atomic E-state index is 13.4. The predicted octanol–water partition coefficient (Wildman–Crippen LogP) is 6.14. The number of carbonyl (C=O) groups excluding carboxylic acids is 1. The van der Waals surface area contributed by atoms with E-state index in [4.69, 9.17) is 14.2 Å². The van der Waals surface area contributed by atoms with Gasteiger partial charge in [-0.25, -0.2) is 0 Å². The Morgan fingerprint density at radius 1 is 0.839 bits per heavy atom. The molecule has 4 rings (SSSR count). The minimum Gasteiger partial charge on any atom is -0.490 e. The smallest absolute Gasteiger partial charge is 0.236 e. The molecule has 31 heavy (non-hydrogen) atoms. The molecule has 1 heterocycles. The average molecular weight is 418 g/mol. The summed E-state index contributed by atoms with van der Waals surface area (Å²) in [6, 6.07) is 20.9. The summed E-state index contributed by atoms with van der Waals surface area (Å²) in [6.07, 6.45) is 1.80. The maximum Gasteiger partial charge on any atom is 0.236 e. The van der Waals surface area contributed by atoms with Crippen LogP contribution in [0.2, 0.25) is 0 Å². The number of rotatable bonds is 8. The van der Waals surface area contributed by atoms with Gasteiger partial charge in [-0.15, -0.1) is 0 Å². The Morgan fingerprint density at radius 2 is 1.42 bits per heavy atom. The second-order valence-corrected chi connectivity index (χ2v) is 7.46. The lowest BCUT2D eigenvalue weighted by Crippen LogP contribution is -2.25. The highest BCUT2D eigenvalue weighted by molar-refractivity contribution is 5.99. The van der Waals surface area contributed by atoms with Crippen LogP contribution in [0.3, 0.4) is 0 Å². The van der Waals surface area contributed by atoms with Crippen LogP contribution >= 0.6 is 0 Å². The zero-order chi connectivity index (χ0) is 21.6. The van der Waals surface area contributed by atoms with Gasteiger partial charge < -0.3 is 19.5 Å². The number of amides is 1. The molecule has 1 aliphatic heterocycles. The summed E-state index contributed by atoms with van der Waals surface area (Å²) >= 11 is 0. The van der Waals surface area contributed by atoms with Crippen LogP contribution in [-0.4, -0.2) is 19.1 Å². The highest BCUT2D eigenvalue weighted by Crippen LogP contribution is 2.44. The highest BCUT2D eigenvalue weighted by Gasteiger charge is 2.32. The Hall–Kier alpha value is -3.47. The van der Waals surface area contributed by atoms with Gasteiger partial charge >= 0.3 is 0 Å². The van der Waals surface area contributed by atoms with Gasteiger partial charge in [0.2, 0.25) is 5.91 Å². The molecular weight excluding hydrogens is 390 g/mol. The summed E-state index contributed by atoms with van der Waals surface area (Å²) in [7, 11) is 0. The Morgan fingerprint density at radius 3 is 2.03 bits per heavy atom. The lowest BCUT2D eigenvalue weighted by molar-refractivity contribution is -0.116. The van der Waals surface area contributed by atoms with Crippen LogP contribution in [0.5, 0.6) is 23.0 Å². The summed E-state index contributed by atoms with van der Waals surface area (Å²) in [5.41, 5.74) is 2.37. The van der Waals surface area contributed by atoms with E-state index in [1.807, 2.05) is 66.7 Å². The lowest BCUT2D eigenvalue weighted by Gasteiger charge is -2.27. The van der Waals surface area contributed by atoms with E-state index in [1.54, 1.807) is 0 Å². The summed E-state index contributed by atoms with van der Waals surface area (Å²) < 4.78 is 17.7. The van der Waals surface area contributed by atoms with Crippen LogP contribution in [0.15, 0.2) is 66.7 Å². The van der Waals surface area contributed by atoms with Gasteiger partial charge in [0.05, 0.1) is 19.1 Å². The summed E-state index contributed by atoms with van der Waals surface area (Å²) in [5.74, 6) is 2.16. The van der Waals surface area contributed by atoms with Crippen molar-refractivity contribution in [3.63, 3.8) is 0 Å². The van der Waals surface area contributed by atoms with Gasteiger partial charge in [0.1, 0.15) is 11.5 Å². The second kappa shape index (κ2) is 9.56. The van der Waals surface area contributed by atoms with Crippen molar-refractivity contribution in [1.29, 1.82) is 0 Å². The molecule has 3 aromatic carbocycles. The lowest BCUT2D eigenvalue weighted by atomic mass is 9.87. The van der Waals surface area contributed by atoms with Crippen LogP contribution in [-0.2, 0) is 4.79 Å². The minimum absolute atomic E-state index is 0.119. The van der Waals surface area contributed by atoms with Crippen LogP contribution in [0.4, 0.5) is 5.69 Å². The molecule has 160 valence electrons. The van der Waals surface area contributed by atoms with Crippen molar-refractivity contribution in [1.82, 2.24) is 0 Å². The van der Waals surface area contributed by atoms with E-state index in [0.29, 0.717) is 41.9 Å². The van der Waals surface area contributed by atoms with E-state index in [-0.39, 0.29) is 5.91 Å². The first-order valence-corrected chi connectivity index (χ1v) is 10.8. The Balaban J connectivity index is 1.63. The first-order valence-electron chi connectivity index (χ1n) is 10.8. The van der Waals surface area contributed by atoms with Gasteiger partial charge in [-0.3, -0.25) is 4.79 Å². The van der Waals surface area contributed by atoms with Crippen molar-refractivity contribution in [2.45, 2.75) is 32.6 Å². The highest BCUT2D eigenvalue weighted by atomic mass is 16.5.